The fourth-order valence-corrected chi connectivity index (χ4v) is 3.67. The van der Waals surface area contributed by atoms with Crippen LogP contribution < -0.4 is 5.32 Å². The lowest BCUT2D eigenvalue weighted by Crippen LogP contribution is -2.07. The molecule has 27 heavy (non-hydrogen) atoms. The van der Waals surface area contributed by atoms with Gasteiger partial charge in [0.15, 0.2) is 4.96 Å². The first-order valence-corrected chi connectivity index (χ1v) is 9.41. The molecule has 4 rings (SSSR count). The van der Waals surface area contributed by atoms with E-state index in [1.165, 1.54) is 6.08 Å². The summed E-state index contributed by atoms with van der Waals surface area (Å²) in [6, 6.07) is 7.69. The van der Waals surface area contributed by atoms with Crippen LogP contribution in [0.2, 0.25) is 0 Å². The number of nitrogens with one attached hydrogen (secondary N) is 1. The van der Waals surface area contributed by atoms with Gasteiger partial charge in [0.1, 0.15) is 0 Å². The maximum atomic E-state index is 12.2. The summed E-state index contributed by atoms with van der Waals surface area (Å²) in [5.41, 5.74) is 5.59. The van der Waals surface area contributed by atoms with Crippen LogP contribution in [-0.4, -0.2) is 25.1 Å². The van der Waals surface area contributed by atoms with Crippen LogP contribution in [0.25, 0.3) is 22.3 Å². The zero-order chi connectivity index (χ0) is 19.0. The molecular weight excluding hydrogens is 358 g/mol. The third-order valence-electron chi connectivity index (χ3n) is 4.51. The van der Waals surface area contributed by atoms with Gasteiger partial charge in [0.2, 0.25) is 5.91 Å². The number of amides is 1. The Balaban J connectivity index is 1.45. The Morgan fingerprint density at radius 1 is 1.22 bits per heavy atom. The summed E-state index contributed by atoms with van der Waals surface area (Å²) < 4.78 is 3.81. The number of thiazole rings is 1. The van der Waals surface area contributed by atoms with Gasteiger partial charge in [-0.15, -0.1) is 11.3 Å². The molecule has 1 aromatic carbocycles. The highest BCUT2D eigenvalue weighted by molar-refractivity contribution is 7.15. The van der Waals surface area contributed by atoms with E-state index in [4.69, 9.17) is 0 Å². The minimum absolute atomic E-state index is 0.173. The molecule has 3 heterocycles. The van der Waals surface area contributed by atoms with Gasteiger partial charge in [-0.2, -0.15) is 5.10 Å². The molecule has 0 saturated heterocycles. The van der Waals surface area contributed by atoms with E-state index in [1.807, 2.05) is 72.0 Å². The summed E-state index contributed by atoms with van der Waals surface area (Å²) in [5.74, 6) is -0.173. The van der Waals surface area contributed by atoms with Crippen molar-refractivity contribution in [2.75, 3.05) is 5.32 Å². The van der Waals surface area contributed by atoms with Crippen LogP contribution in [-0.2, 0) is 11.8 Å². The number of rotatable bonds is 4. The first kappa shape index (κ1) is 17.2. The summed E-state index contributed by atoms with van der Waals surface area (Å²) in [4.78, 5) is 17.8. The van der Waals surface area contributed by atoms with Crippen molar-refractivity contribution in [3.8, 4) is 11.3 Å². The lowest BCUT2D eigenvalue weighted by atomic mass is 10.1. The number of fused-ring (bicyclic) bond motifs is 1. The fourth-order valence-electron chi connectivity index (χ4n) is 2.97. The molecule has 0 fully saturated rings. The molecule has 4 aromatic rings. The van der Waals surface area contributed by atoms with Crippen LogP contribution in [0.5, 0.6) is 0 Å². The van der Waals surface area contributed by atoms with Crippen LogP contribution in [0, 0.1) is 13.8 Å². The third-order valence-corrected chi connectivity index (χ3v) is 5.28. The summed E-state index contributed by atoms with van der Waals surface area (Å²) in [5, 5.41) is 9.24. The van der Waals surface area contributed by atoms with E-state index in [0.717, 1.165) is 38.9 Å². The highest BCUT2D eigenvalue weighted by atomic mass is 32.1. The van der Waals surface area contributed by atoms with Gasteiger partial charge in [-0.1, -0.05) is 12.1 Å². The number of aryl methyl sites for hydroxylation is 2. The molecule has 3 aromatic heterocycles. The molecule has 0 atom stereocenters. The van der Waals surface area contributed by atoms with Gasteiger partial charge in [-0.05, 0) is 32.1 Å². The van der Waals surface area contributed by atoms with Crippen molar-refractivity contribution >= 4 is 34.0 Å². The van der Waals surface area contributed by atoms with Crippen molar-refractivity contribution in [2.45, 2.75) is 13.8 Å². The second-order valence-corrected chi connectivity index (χ2v) is 7.20. The van der Waals surface area contributed by atoms with E-state index in [0.29, 0.717) is 0 Å². The second kappa shape index (κ2) is 6.85. The highest BCUT2D eigenvalue weighted by Crippen LogP contribution is 2.23. The standard InChI is InChI=1S/C20H19N5OS/c1-13-17(14(2)24(3)23-13)8-9-19(26)21-16-6-4-15(5-7-16)18-12-25-10-11-27-20(25)22-18/h4-12H,1-3H3,(H,21,26)/b9-8+. The van der Waals surface area contributed by atoms with Gasteiger partial charge in [0, 0.05) is 53.4 Å². The van der Waals surface area contributed by atoms with Gasteiger partial charge in [-0.3, -0.25) is 13.9 Å². The Morgan fingerprint density at radius 3 is 2.67 bits per heavy atom. The minimum atomic E-state index is -0.173. The molecule has 0 unspecified atom stereocenters. The molecule has 0 spiro atoms. The smallest absolute Gasteiger partial charge is 0.248 e. The molecule has 0 aliphatic heterocycles. The Morgan fingerprint density at radius 2 is 2.00 bits per heavy atom. The molecule has 7 heteroatoms. The number of aromatic nitrogens is 4. The molecule has 0 radical (unpaired) electrons. The molecule has 1 N–H and O–H groups in total. The van der Waals surface area contributed by atoms with Crippen LogP contribution in [0.3, 0.4) is 0 Å². The second-order valence-electron chi connectivity index (χ2n) is 6.33. The van der Waals surface area contributed by atoms with Crippen LogP contribution in [0.15, 0.2) is 48.1 Å². The van der Waals surface area contributed by atoms with E-state index < -0.39 is 0 Å². The summed E-state index contributed by atoms with van der Waals surface area (Å²) >= 11 is 1.60. The maximum absolute atomic E-state index is 12.2. The van der Waals surface area contributed by atoms with Crippen molar-refractivity contribution in [1.29, 1.82) is 0 Å². The topological polar surface area (TPSA) is 64.2 Å². The van der Waals surface area contributed by atoms with Crippen molar-refractivity contribution in [1.82, 2.24) is 19.2 Å². The van der Waals surface area contributed by atoms with Crippen LogP contribution in [0.1, 0.15) is 17.0 Å². The molecule has 0 bridgehead atoms. The molecule has 1 amide bonds. The Bertz CT molecular complexity index is 1120. The predicted molar refractivity (Wildman–Crippen MR) is 109 cm³/mol. The zero-order valence-electron chi connectivity index (χ0n) is 15.3. The fraction of sp³-hybridized carbons (Fsp3) is 0.150. The van der Waals surface area contributed by atoms with Gasteiger partial charge in [0.05, 0.1) is 11.4 Å². The lowest BCUT2D eigenvalue weighted by Gasteiger charge is -2.03. The predicted octanol–water partition coefficient (Wildman–Crippen LogP) is 4.07. The number of anilines is 1. The number of nitrogens with zero attached hydrogens (tertiary/aromatic N) is 4. The molecule has 0 aliphatic carbocycles. The van der Waals surface area contributed by atoms with Crippen molar-refractivity contribution < 1.29 is 4.79 Å². The van der Waals surface area contributed by atoms with E-state index in [2.05, 4.69) is 15.4 Å². The van der Waals surface area contributed by atoms with Crippen LogP contribution in [0.4, 0.5) is 5.69 Å². The van der Waals surface area contributed by atoms with Gasteiger partial charge < -0.3 is 5.32 Å². The zero-order valence-corrected chi connectivity index (χ0v) is 16.1. The Labute approximate surface area is 160 Å². The highest BCUT2D eigenvalue weighted by Gasteiger charge is 2.08. The largest absolute Gasteiger partial charge is 0.323 e. The van der Waals surface area contributed by atoms with Crippen molar-refractivity contribution in [3.63, 3.8) is 0 Å². The van der Waals surface area contributed by atoms with E-state index in [1.54, 1.807) is 17.4 Å². The number of hydrogen-bond acceptors (Lipinski definition) is 4. The number of carbonyl (C=O) groups excluding carboxylic acids is 1. The normalized spacial score (nSPS) is 11.5. The summed E-state index contributed by atoms with van der Waals surface area (Å²) in [6.07, 6.45) is 7.33. The summed E-state index contributed by atoms with van der Waals surface area (Å²) in [7, 11) is 1.89. The van der Waals surface area contributed by atoms with Gasteiger partial charge in [-0.25, -0.2) is 4.98 Å². The number of benzene rings is 1. The first-order chi connectivity index (χ1) is 13.0. The number of hydrogen-bond donors (Lipinski definition) is 1. The Kier molecular flexibility index (Phi) is 4.37. The molecule has 136 valence electrons. The Hall–Kier alpha value is -3.19. The lowest BCUT2D eigenvalue weighted by molar-refractivity contribution is -0.111. The quantitative estimate of drug-likeness (QED) is 0.545. The number of imidazole rings is 1. The minimum Gasteiger partial charge on any atom is -0.323 e. The van der Waals surface area contributed by atoms with E-state index in [9.17, 15) is 4.79 Å². The maximum Gasteiger partial charge on any atom is 0.248 e. The average Bonchev–Trinajstić information content (AvgIpc) is 3.29. The average molecular weight is 377 g/mol. The van der Waals surface area contributed by atoms with Gasteiger partial charge in [0.25, 0.3) is 0 Å². The third kappa shape index (κ3) is 3.41. The molecular formula is C20H19N5OS. The van der Waals surface area contributed by atoms with E-state index >= 15 is 0 Å². The van der Waals surface area contributed by atoms with Crippen molar-refractivity contribution in [3.05, 3.63) is 65.1 Å². The van der Waals surface area contributed by atoms with Gasteiger partial charge >= 0.3 is 0 Å². The molecule has 0 aliphatic rings. The van der Waals surface area contributed by atoms with Crippen LogP contribution >= 0.6 is 11.3 Å². The molecule has 6 nitrogen and oxygen atoms in total. The van der Waals surface area contributed by atoms with E-state index in [-0.39, 0.29) is 5.91 Å². The first-order valence-electron chi connectivity index (χ1n) is 8.53. The SMILES string of the molecule is Cc1nn(C)c(C)c1/C=C/C(=O)Nc1ccc(-c2cn3ccsc3n2)cc1. The monoisotopic (exact) mass is 377 g/mol. The van der Waals surface area contributed by atoms with Crippen molar-refractivity contribution in [2.24, 2.45) is 7.05 Å². The number of carbonyl (C=O) groups is 1. The molecule has 0 saturated carbocycles. The summed E-state index contributed by atoms with van der Waals surface area (Å²) in [6.45, 7) is 3.92.